The lowest BCUT2D eigenvalue weighted by atomic mass is 10.1. The molecule has 1 rings (SSSR count). The molecular weight excluding hydrogens is 238 g/mol. The highest BCUT2D eigenvalue weighted by Gasteiger charge is 2.05. The highest BCUT2D eigenvalue weighted by molar-refractivity contribution is 5.30. The van der Waals surface area contributed by atoms with E-state index in [-0.39, 0.29) is 6.10 Å². The molecule has 0 aliphatic heterocycles. The molecule has 0 amide bonds. The zero-order chi connectivity index (χ0) is 14.1. The second kappa shape index (κ2) is 8.94. The number of nitrogens with one attached hydrogen (secondary N) is 1. The summed E-state index contributed by atoms with van der Waals surface area (Å²) < 4.78 is 11.2. The Balaban J connectivity index is 2.43. The van der Waals surface area contributed by atoms with Crippen LogP contribution >= 0.6 is 0 Å². The minimum absolute atomic E-state index is 0.258. The average Bonchev–Trinajstić information content (AvgIpc) is 2.41. The largest absolute Gasteiger partial charge is 0.491 e. The number of rotatable bonds is 9. The zero-order valence-electron chi connectivity index (χ0n) is 12.6. The third kappa shape index (κ3) is 6.60. The SMILES string of the molecule is CCCNC(C)c1cccc(OCCOC(C)C)c1. The molecule has 0 saturated heterocycles. The van der Waals surface area contributed by atoms with E-state index >= 15 is 0 Å². The van der Waals surface area contributed by atoms with Crippen molar-refractivity contribution in [3.05, 3.63) is 29.8 Å². The van der Waals surface area contributed by atoms with Crippen LogP contribution in [0.3, 0.4) is 0 Å². The van der Waals surface area contributed by atoms with Gasteiger partial charge in [0.2, 0.25) is 0 Å². The lowest BCUT2D eigenvalue weighted by Crippen LogP contribution is -2.19. The van der Waals surface area contributed by atoms with Gasteiger partial charge >= 0.3 is 0 Å². The van der Waals surface area contributed by atoms with Gasteiger partial charge in [0, 0.05) is 6.04 Å². The molecule has 0 heterocycles. The summed E-state index contributed by atoms with van der Waals surface area (Å²) in [5.74, 6) is 0.912. The maximum Gasteiger partial charge on any atom is 0.119 e. The minimum Gasteiger partial charge on any atom is -0.491 e. The van der Waals surface area contributed by atoms with Gasteiger partial charge in [0.15, 0.2) is 0 Å². The van der Waals surface area contributed by atoms with Crippen molar-refractivity contribution in [1.82, 2.24) is 5.32 Å². The summed E-state index contributed by atoms with van der Waals surface area (Å²) in [6, 6.07) is 8.62. The van der Waals surface area contributed by atoms with E-state index in [1.165, 1.54) is 5.56 Å². The van der Waals surface area contributed by atoms with Crippen molar-refractivity contribution in [3.63, 3.8) is 0 Å². The van der Waals surface area contributed by atoms with Gasteiger partial charge in [-0.15, -0.1) is 0 Å². The Labute approximate surface area is 117 Å². The minimum atomic E-state index is 0.258. The number of hydrogen-bond acceptors (Lipinski definition) is 3. The number of ether oxygens (including phenoxy) is 2. The number of benzene rings is 1. The van der Waals surface area contributed by atoms with Crippen molar-refractivity contribution in [2.75, 3.05) is 19.8 Å². The van der Waals surface area contributed by atoms with Crippen LogP contribution in [0.1, 0.15) is 45.7 Å². The first-order valence-electron chi connectivity index (χ1n) is 7.21. The lowest BCUT2D eigenvalue weighted by molar-refractivity contribution is 0.0552. The van der Waals surface area contributed by atoms with Crippen molar-refractivity contribution in [3.8, 4) is 5.75 Å². The van der Waals surface area contributed by atoms with Crippen LogP contribution in [0.15, 0.2) is 24.3 Å². The van der Waals surface area contributed by atoms with Crippen LogP contribution in [0, 0.1) is 0 Å². The molecule has 0 spiro atoms. The Morgan fingerprint density at radius 1 is 1.16 bits per heavy atom. The van der Waals surface area contributed by atoms with Gasteiger partial charge in [-0.3, -0.25) is 0 Å². The lowest BCUT2D eigenvalue weighted by Gasteiger charge is -2.15. The van der Waals surface area contributed by atoms with E-state index in [0.717, 1.165) is 18.7 Å². The summed E-state index contributed by atoms with van der Waals surface area (Å²) in [7, 11) is 0. The highest BCUT2D eigenvalue weighted by atomic mass is 16.5. The van der Waals surface area contributed by atoms with Gasteiger partial charge in [-0.1, -0.05) is 19.1 Å². The fourth-order valence-electron chi connectivity index (χ4n) is 1.80. The van der Waals surface area contributed by atoms with E-state index in [2.05, 4.69) is 31.3 Å². The molecule has 0 bridgehead atoms. The molecule has 0 fully saturated rings. The molecule has 0 aromatic heterocycles. The van der Waals surface area contributed by atoms with Crippen LogP contribution in [-0.4, -0.2) is 25.9 Å². The van der Waals surface area contributed by atoms with E-state index in [4.69, 9.17) is 9.47 Å². The summed E-state index contributed by atoms with van der Waals surface area (Å²) in [5.41, 5.74) is 1.26. The third-order valence-electron chi connectivity index (χ3n) is 2.86. The molecule has 0 saturated carbocycles. The van der Waals surface area contributed by atoms with Crippen LogP contribution in [-0.2, 0) is 4.74 Å². The Hall–Kier alpha value is -1.06. The van der Waals surface area contributed by atoms with Crippen molar-refractivity contribution >= 4 is 0 Å². The summed E-state index contributed by atoms with van der Waals surface area (Å²) in [6.45, 7) is 10.7. The molecule has 0 aliphatic carbocycles. The molecule has 1 aromatic carbocycles. The van der Waals surface area contributed by atoms with Gasteiger partial charge in [0.25, 0.3) is 0 Å². The van der Waals surface area contributed by atoms with Crippen molar-refractivity contribution in [1.29, 1.82) is 0 Å². The quantitative estimate of drug-likeness (QED) is 0.693. The first-order chi connectivity index (χ1) is 9.13. The van der Waals surface area contributed by atoms with E-state index in [9.17, 15) is 0 Å². The molecule has 3 nitrogen and oxygen atoms in total. The Bertz CT molecular complexity index is 352. The van der Waals surface area contributed by atoms with Gasteiger partial charge in [0.1, 0.15) is 12.4 Å². The first-order valence-corrected chi connectivity index (χ1v) is 7.21. The smallest absolute Gasteiger partial charge is 0.119 e. The summed E-state index contributed by atoms with van der Waals surface area (Å²) >= 11 is 0. The first kappa shape index (κ1) is 16.0. The summed E-state index contributed by atoms with van der Waals surface area (Å²) in [5, 5.41) is 3.48. The van der Waals surface area contributed by atoms with Crippen LogP contribution in [0.5, 0.6) is 5.75 Å². The Morgan fingerprint density at radius 3 is 2.63 bits per heavy atom. The second-order valence-electron chi connectivity index (χ2n) is 5.02. The van der Waals surface area contributed by atoms with Gasteiger partial charge in [0.05, 0.1) is 12.7 Å². The van der Waals surface area contributed by atoms with E-state index in [1.807, 2.05) is 26.0 Å². The molecule has 0 aliphatic rings. The molecule has 1 unspecified atom stereocenters. The third-order valence-corrected chi connectivity index (χ3v) is 2.86. The van der Waals surface area contributed by atoms with Crippen molar-refractivity contribution < 1.29 is 9.47 Å². The van der Waals surface area contributed by atoms with E-state index in [1.54, 1.807) is 0 Å². The van der Waals surface area contributed by atoms with Gasteiger partial charge < -0.3 is 14.8 Å². The van der Waals surface area contributed by atoms with Crippen LogP contribution in [0.2, 0.25) is 0 Å². The van der Waals surface area contributed by atoms with Gasteiger partial charge in [-0.2, -0.15) is 0 Å². The second-order valence-corrected chi connectivity index (χ2v) is 5.02. The summed E-state index contributed by atoms with van der Waals surface area (Å²) in [6.07, 6.45) is 1.40. The highest BCUT2D eigenvalue weighted by Crippen LogP contribution is 2.19. The van der Waals surface area contributed by atoms with Gasteiger partial charge in [-0.05, 0) is 51.4 Å². The van der Waals surface area contributed by atoms with Crippen molar-refractivity contribution in [2.45, 2.75) is 46.3 Å². The monoisotopic (exact) mass is 265 g/mol. The average molecular weight is 265 g/mol. The van der Waals surface area contributed by atoms with Gasteiger partial charge in [-0.25, -0.2) is 0 Å². The predicted molar refractivity (Wildman–Crippen MR) is 79.7 cm³/mol. The fourth-order valence-corrected chi connectivity index (χ4v) is 1.80. The molecular formula is C16H27NO2. The van der Waals surface area contributed by atoms with Crippen LogP contribution in [0.25, 0.3) is 0 Å². The molecule has 1 N–H and O–H groups in total. The predicted octanol–water partition coefficient (Wildman–Crippen LogP) is 3.55. The van der Waals surface area contributed by atoms with Crippen LogP contribution in [0.4, 0.5) is 0 Å². The number of hydrogen-bond donors (Lipinski definition) is 1. The molecule has 19 heavy (non-hydrogen) atoms. The molecule has 3 heteroatoms. The Kier molecular flexibility index (Phi) is 7.53. The fraction of sp³-hybridized carbons (Fsp3) is 0.625. The molecule has 108 valence electrons. The zero-order valence-corrected chi connectivity index (χ0v) is 12.6. The molecule has 0 radical (unpaired) electrons. The summed E-state index contributed by atoms with van der Waals surface area (Å²) in [4.78, 5) is 0. The van der Waals surface area contributed by atoms with Crippen molar-refractivity contribution in [2.24, 2.45) is 0 Å². The normalized spacial score (nSPS) is 12.7. The molecule has 1 atom stereocenters. The molecule has 1 aromatic rings. The van der Waals surface area contributed by atoms with E-state index < -0.39 is 0 Å². The van der Waals surface area contributed by atoms with E-state index in [0.29, 0.717) is 19.3 Å². The maximum absolute atomic E-state index is 5.70. The van der Waals surface area contributed by atoms with Crippen LogP contribution < -0.4 is 10.1 Å². The Morgan fingerprint density at radius 2 is 1.95 bits per heavy atom. The topological polar surface area (TPSA) is 30.5 Å². The standard InChI is InChI=1S/C16H27NO2/c1-5-9-17-14(4)15-7-6-8-16(12-15)19-11-10-18-13(2)3/h6-8,12-14,17H,5,9-11H2,1-4H3. The maximum atomic E-state index is 5.70.